The first kappa shape index (κ1) is 21.6. The van der Waals surface area contributed by atoms with Crippen molar-refractivity contribution < 1.29 is 14.3 Å². The van der Waals surface area contributed by atoms with Crippen LogP contribution in [0.4, 0.5) is 5.69 Å². The zero-order valence-corrected chi connectivity index (χ0v) is 20.1. The Balaban J connectivity index is 1.71. The van der Waals surface area contributed by atoms with Crippen molar-refractivity contribution in [2.24, 2.45) is 0 Å². The monoisotopic (exact) mass is 445 g/mol. The quantitative estimate of drug-likeness (QED) is 0.676. The summed E-state index contributed by atoms with van der Waals surface area (Å²) in [6.45, 7) is 8.50. The van der Waals surface area contributed by atoms with Crippen LogP contribution in [0.3, 0.4) is 0 Å². The molecule has 0 radical (unpaired) electrons. The fraction of sp³-hybridized carbons (Fsp3) is 0.407. The molecule has 3 aliphatic heterocycles. The van der Waals surface area contributed by atoms with Crippen molar-refractivity contribution in [1.29, 1.82) is 0 Å². The van der Waals surface area contributed by atoms with E-state index in [9.17, 15) is 9.59 Å². The third-order valence-corrected chi connectivity index (χ3v) is 7.42. The topological polar surface area (TPSA) is 53.1 Å². The van der Waals surface area contributed by atoms with Crippen molar-refractivity contribution in [3.8, 4) is 5.75 Å². The highest BCUT2D eigenvalue weighted by Gasteiger charge is 2.74. The summed E-state index contributed by atoms with van der Waals surface area (Å²) in [6.07, 6.45) is 1.66. The van der Waals surface area contributed by atoms with Crippen LogP contribution in [-0.2, 0) is 21.5 Å². The molecule has 0 aromatic heterocycles. The Labute approximate surface area is 195 Å². The van der Waals surface area contributed by atoms with Crippen molar-refractivity contribution in [3.05, 3.63) is 71.3 Å². The normalized spacial score (nSPS) is 27.3. The maximum atomic E-state index is 14.2. The van der Waals surface area contributed by atoms with Gasteiger partial charge in [0, 0.05) is 30.4 Å². The van der Waals surface area contributed by atoms with Crippen LogP contribution in [-0.4, -0.2) is 53.5 Å². The number of carbonyl (C=O) groups is 2. The van der Waals surface area contributed by atoms with Crippen molar-refractivity contribution >= 4 is 17.5 Å². The molecule has 0 unspecified atom stereocenters. The number of fused-ring (bicyclic) bond motifs is 1. The lowest BCUT2D eigenvalue weighted by molar-refractivity contribution is -0.142. The maximum absolute atomic E-state index is 14.2. The number of ether oxygens (including phenoxy) is 1. The van der Waals surface area contributed by atoms with E-state index in [4.69, 9.17) is 4.74 Å². The Kier molecular flexibility index (Phi) is 4.64. The standard InChI is InChI=1S/C27H31N3O3/c1-7-19-23(31)29(16-17-12-14-18(33-6)15-13-17)22-24(32)30(26(2,3)4)25-27(19,22)20-10-8-9-11-21(20)28(25)5/h7-15,22,25H,16H2,1-6H3/b19-7-/t22-,25-,27+/m0/s1. The van der Waals surface area contributed by atoms with Crippen molar-refractivity contribution in [2.75, 3.05) is 19.1 Å². The van der Waals surface area contributed by atoms with Gasteiger partial charge in [0.1, 0.15) is 18.0 Å². The molecule has 0 aliphatic carbocycles. The summed E-state index contributed by atoms with van der Waals surface area (Å²) in [5.41, 5.74) is 2.68. The van der Waals surface area contributed by atoms with E-state index < -0.39 is 17.0 Å². The largest absolute Gasteiger partial charge is 0.497 e. The van der Waals surface area contributed by atoms with Gasteiger partial charge in [-0.3, -0.25) is 9.59 Å². The summed E-state index contributed by atoms with van der Waals surface area (Å²) in [7, 11) is 3.67. The average Bonchev–Trinajstić information content (AvgIpc) is 3.30. The summed E-state index contributed by atoms with van der Waals surface area (Å²) in [4.78, 5) is 34.0. The van der Waals surface area contributed by atoms with Gasteiger partial charge in [0.15, 0.2) is 0 Å². The van der Waals surface area contributed by atoms with Gasteiger partial charge in [0.05, 0.1) is 12.5 Å². The molecule has 6 heteroatoms. The van der Waals surface area contributed by atoms with Gasteiger partial charge in [0.2, 0.25) is 5.91 Å². The second-order valence-electron chi connectivity index (χ2n) is 10.1. The van der Waals surface area contributed by atoms with Crippen molar-refractivity contribution in [3.63, 3.8) is 0 Å². The van der Waals surface area contributed by atoms with E-state index in [1.54, 1.807) is 12.0 Å². The fourth-order valence-corrected chi connectivity index (χ4v) is 6.23. The minimum absolute atomic E-state index is 0.00700. The van der Waals surface area contributed by atoms with E-state index in [1.165, 1.54) is 0 Å². The van der Waals surface area contributed by atoms with Crippen molar-refractivity contribution in [2.45, 2.75) is 57.4 Å². The molecule has 0 bridgehead atoms. The SMILES string of the molecule is C/C=C1/C(=O)N(Cc2ccc(OC)cc2)[C@H]2C(=O)N(C(C)(C)C)[C@@H]3N(C)c4ccccc4[C@]123. The van der Waals surface area contributed by atoms with Crippen LogP contribution in [0.15, 0.2) is 60.2 Å². The highest BCUT2D eigenvalue weighted by molar-refractivity contribution is 6.10. The molecule has 2 saturated heterocycles. The van der Waals surface area contributed by atoms with E-state index >= 15 is 0 Å². The van der Waals surface area contributed by atoms with Crippen LogP contribution >= 0.6 is 0 Å². The molecule has 3 atom stereocenters. The number of likely N-dealkylation sites (tertiary alicyclic amines) is 2. The number of allylic oxidation sites excluding steroid dienone is 1. The second-order valence-corrected chi connectivity index (χ2v) is 10.1. The van der Waals surface area contributed by atoms with E-state index in [1.807, 2.05) is 61.3 Å². The lowest BCUT2D eigenvalue weighted by Gasteiger charge is -2.42. The molecule has 2 amide bonds. The summed E-state index contributed by atoms with van der Waals surface area (Å²) in [6, 6.07) is 15.3. The van der Waals surface area contributed by atoms with Gasteiger partial charge >= 0.3 is 0 Å². The first-order valence-corrected chi connectivity index (χ1v) is 11.4. The Morgan fingerprint density at radius 1 is 1.06 bits per heavy atom. The number of hydrogen-bond acceptors (Lipinski definition) is 4. The summed E-state index contributed by atoms with van der Waals surface area (Å²) >= 11 is 0. The zero-order chi connectivity index (χ0) is 23.7. The molecule has 1 spiro atoms. The second kappa shape index (κ2) is 7.11. The Hall–Kier alpha value is -3.28. The van der Waals surface area contributed by atoms with Crippen LogP contribution in [0.1, 0.15) is 38.8 Å². The fourth-order valence-electron chi connectivity index (χ4n) is 6.23. The lowest BCUT2D eigenvalue weighted by atomic mass is 9.72. The van der Waals surface area contributed by atoms with E-state index in [0.29, 0.717) is 12.1 Å². The summed E-state index contributed by atoms with van der Waals surface area (Å²) < 4.78 is 5.28. The van der Waals surface area contributed by atoms with Gasteiger partial charge in [-0.1, -0.05) is 36.4 Å². The number of hydrogen-bond donors (Lipinski definition) is 0. The van der Waals surface area contributed by atoms with Crippen LogP contribution in [0.25, 0.3) is 0 Å². The van der Waals surface area contributed by atoms with E-state index in [-0.39, 0.29) is 18.0 Å². The minimum atomic E-state index is -0.728. The molecule has 33 heavy (non-hydrogen) atoms. The molecule has 3 heterocycles. The van der Waals surface area contributed by atoms with E-state index in [0.717, 1.165) is 22.6 Å². The first-order valence-electron chi connectivity index (χ1n) is 11.4. The molecule has 3 aliphatic rings. The Morgan fingerprint density at radius 2 is 1.73 bits per heavy atom. The van der Waals surface area contributed by atoms with Gasteiger partial charge in [0.25, 0.3) is 5.91 Å². The number of likely N-dealkylation sites (N-methyl/N-ethyl adjacent to an activating group) is 1. The van der Waals surface area contributed by atoms with Gasteiger partial charge < -0.3 is 19.4 Å². The number of benzene rings is 2. The molecule has 2 aromatic carbocycles. The number of para-hydroxylation sites is 1. The predicted octanol–water partition coefficient (Wildman–Crippen LogP) is 3.71. The molecule has 6 nitrogen and oxygen atoms in total. The van der Waals surface area contributed by atoms with Crippen LogP contribution in [0.5, 0.6) is 5.75 Å². The average molecular weight is 446 g/mol. The summed E-state index contributed by atoms with van der Waals surface area (Å²) in [5, 5.41) is 0. The van der Waals surface area contributed by atoms with Gasteiger partial charge in [-0.15, -0.1) is 0 Å². The van der Waals surface area contributed by atoms with E-state index in [2.05, 4.69) is 37.8 Å². The molecule has 2 fully saturated rings. The number of amides is 2. The molecule has 5 rings (SSSR count). The zero-order valence-electron chi connectivity index (χ0n) is 20.1. The lowest BCUT2D eigenvalue weighted by Crippen LogP contribution is -2.56. The molecular formula is C27H31N3O3. The third-order valence-electron chi connectivity index (χ3n) is 7.42. The summed E-state index contributed by atoms with van der Waals surface area (Å²) in [5.74, 6) is 0.710. The number of anilines is 1. The molecule has 2 aromatic rings. The molecule has 172 valence electrons. The number of carbonyl (C=O) groups excluding carboxylic acids is 2. The van der Waals surface area contributed by atoms with Gasteiger partial charge in [-0.05, 0) is 57.0 Å². The van der Waals surface area contributed by atoms with Gasteiger partial charge in [-0.2, -0.15) is 0 Å². The highest BCUT2D eigenvalue weighted by Crippen LogP contribution is 2.61. The van der Waals surface area contributed by atoms with Crippen molar-refractivity contribution in [1.82, 2.24) is 9.80 Å². The van der Waals surface area contributed by atoms with Crippen LogP contribution in [0.2, 0.25) is 0 Å². The number of methoxy groups -OCH3 is 1. The third kappa shape index (κ3) is 2.66. The van der Waals surface area contributed by atoms with Crippen LogP contribution < -0.4 is 9.64 Å². The smallest absolute Gasteiger partial charge is 0.251 e. The highest BCUT2D eigenvalue weighted by atomic mass is 16.5. The number of rotatable bonds is 3. The maximum Gasteiger partial charge on any atom is 0.251 e. The first-order chi connectivity index (χ1) is 15.7. The Bertz CT molecular complexity index is 1160. The Morgan fingerprint density at radius 3 is 2.33 bits per heavy atom. The molecule has 0 saturated carbocycles. The predicted molar refractivity (Wildman–Crippen MR) is 128 cm³/mol. The van der Waals surface area contributed by atoms with Crippen LogP contribution in [0, 0.1) is 0 Å². The number of nitrogens with zero attached hydrogens (tertiary/aromatic N) is 3. The van der Waals surface area contributed by atoms with Gasteiger partial charge in [-0.25, -0.2) is 0 Å². The minimum Gasteiger partial charge on any atom is -0.497 e. The molecular weight excluding hydrogens is 414 g/mol. The molecule has 0 N–H and O–H groups in total.